The molecule has 0 aliphatic rings. The van der Waals surface area contributed by atoms with Crippen LogP contribution in [-0.2, 0) is 8.85 Å². The van der Waals surface area contributed by atoms with Crippen LogP contribution in [0.2, 0.25) is 31.7 Å². The van der Waals surface area contributed by atoms with E-state index < -0.39 is 16.6 Å². The zero-order valence-electron chi connectivity index (χ0n) is 13.0. The van der Waals surface area contributed by atoms with Crippen LogP contribution in [0.1, 0.15) is 13.8 Å². The summed E-state index contributed by atoms with van der Waals surface area (Å²) in [4.78, 5) is 0. The molecule has 0 radical (unpaired) electrons. The van der Waals surface area contributed by atoms with Crippen molar-refractivity contribution in [1.82, 2.24) is 0 Å². The van der Waals surface area contributed by atoms with Gasteiger partial charge >= 0.3 is 8.56 Å². The fourth-order valence-electron chi connectivity index (χ4n) is 2.37. The Labute approximate surface area is 120 Å². The Bertz CT molecular complexity index is 360. The van der Waals surface area contributed by atoms with Crippen molar-refractivity contribution >= 4 is 21.8 Å². The average molecular weight is 297 g/mol. The number of hydrogen-bond donors (Lipinski definition) is 0. The zero-order chi connectivity index (χ0) is 14.4. The lowest BCUT2D eigenvalue weighted by molar-refractivity contribution is 0.190. The van der Waals surface area contributed by atoms with E-state index >= 15 is 0 Å². The monoisotopic (exact) mass is 296 g/mol. The van der Waals surface area contributed by atoms with Crippen molar-refractivity contribution in [3.05, 3.63) is 30.3 Å². The number of hydrogen-bond acceptors (Lipinski definition) is 2. The largest absolute Gasteiger partial charge is 0.395 e. The Morgan fingerprint density at radius 2 is 1.37 bits per heavy atom. The van der Waals surface area contributed by atoms with Gasteiger partial charge in [-0.05, 0) is 26.4 Å². The average Bonchev–Trinajstić information content (AvgIpc) is 2.38. The standard InChI is InChI=1S/C15H28O2Si2/c1-6-16-19(5,17-7-2)14-13-18(3,4)15-11-9-8-10-12-15/h8-12H,6-7,13-14H2,1-5H3. The summed E-state index contributed by atoms with van der Waals surface area (Å²) >= 11 is 0. The summed E-state index contributed by atoms with van der Waals surface area (Å²) < 4.78 is 11.9. The van der Waals surface area contributed by atoms with Gasteiger partial charge in [0, 0.05) is 13.2 Å². The Balaban J connectivity index is 2.68. The van der Waals surface area contributed by atoms with E-state index in [-0.39, 0.29) is 0 Å². The van der Waals surface area contributed by atoms with Gasteiger partial charge in [-0.25, -0.2) is 0 Å². The zero-order valence-corrected chi connectivity index (χ0v) is 15.0. The molecule has 19 heavy (non-hydrogen) atoms. The van der Waals surface area contributed by atoms with Crippen molar-refractivity contribution in [2.75, 3.05) is 13.2 Å². The second-order valence-electron chi connectivity index (χ2n) is 5.75. The molecule has 0 N–H and O–H groups in total. The van der Waals surface area contributed by atoms with Gasteiger partial charge in [0.25, 0.3) is 0 Å². The fourth-order valence-corrected chi connectivity index (χ4v) is 9.66. The second-order valence-corrected chi connectivity index (χ2v) is 13.9. The topological polar surface area (TPSA) is 18.5 Å². The van der Waals surface area contributed by atoms with Crippen LogP contribution in [-0.4, -0.2) is 29.8 Å². The number of benzene rings is 1. The van der Waals surface area contributed by atoms with Crippen molar-refractivity contribution in [2.45, 2.75) is 45.6 Å². The molecule has 0 bridgehead atoms. The van der Waals surface area contributed by atoms with Gasteiger partial charge < -0.3 is 8.85 Å². The van der Waals surface area contributed by atoms with E-state index in [2.05, 4.69) is 63.8 Å². The molecule has 0 fully saturated rings. The van der Waals surface area contributed by atoms with Crippen molar-refractivity contribution in [1.29, 1.82) is 0 Å². The molecule has 0 atom stereocenters. The Morgan fingerprint density at radius 1 is 0.842 bits per heavy atom. The van der Waals surface area contributed by atoms with Gasteiger partial charge in [-0.2, -0.15) is 0 Å². The molecule has 2 nitrogen and oxygen atoms in total. The van der Waals surface area contributed by atoms with Crippen molar-refractivity contribution < 1.29 is 8.85 Å². The third kappa shape index (κ3) is 5.22. The minimum atomic E-state index is -1.96. The molecule has 0 saturated carbocycles. The first-order chi connectivity index (χ1) is 8.93. The quantitative estimate of drug-likeness (QED) is 0.680. The van der Waals surface area contributed by atoms with Crippen LogP contribution in [0.4, 0.5) is 0 Å². The van der Waals surface area contributed by atoms with E-state index in [9.17, 15) is 0 Å². The van der Waals surface area contributed by atoms with Gasteiger partial charge in [-0.15, -0.1) is 0 Å². The minimum Gasteiger partial charge on any atom is -0.395 e. The maximum Gasteiger partial charge on any atom is 0.334 e. The molecule has 108 valence electrons. The third-order valence-corrected chi connectivity index (χ3v) is 10.5. The Hall–Kier alpha value is -0.426. The van der Waals surface area contributed by atoms with E-state index in [1.807, 2.05) is 0 Å². The van der Waals surface area contributed by atoms with Crippen LogP contribution in [0.25, 0.3) is 0 Å². The van der Waals surface area contributed by atoms with E-state index in [4.69, 9.17) is 8.85 Å². The summed E-state index contributed by atoms with van der Waals surface area (Å²) in [6, 6.07) is 13.3. The van der Waals surface area contributed by atoms with Gasteiger partial charge in [0.1, 0.15) is 0 Å². The van der Waals surface area contributed by atoms with Gasteiger partial charge in [-0.3, -0.25) is 0 Å². The predicted octanol–water partition coefficient (Wildman–Crippen LogP) is 3.75. The molecular formula is C15H28O2Si2. The normalized spacial score (nSPS) is 12.7. The van der Waals surface area contributed by atoms with E-state index in [1.54, 1.807) is 0 Å². The lowest BCUT2D eigenvalue weighted by Gasteiger charge is -2.30. The lowest BCUT2D eigenvalue weighted by Crippen LogP contribution is -2.46. The maximum atomic E-state index is 5.94. The molecule has 4 heteroatoms. The third-order valence-electron chi connectivity index (χ3n) is 3.66. The van der Waals surface area contributed by atoms with Gasteiger partial charge in [0.2, 0.25) is 0 Å². The number of rotatable bonds is 8. The molecule has 1 rings (SSSR count). The van der Waals surface area contributed by atoms with E-state index in [0.717, 1.165) is 19.3 Å². The minimum absolute atomic E-state index is 0.760. The SMILES string of the molecule is CCO[Si](C)(CC[Si](C)(C)c1ccccc1)OCC. The maximum absolute atomic E-state index is 5.94. The Kier molecular flexibility index (Phi) is 6.46. The predicted molar refractivity (Wildman–Crippen MR) is 88.0 cm³/mol. The summed E-state index contributed by atoms with van der Waals surface area (Å²) in [5, 5.41) is 1.53. The van der Waals surface area contributed by atoms with Crippen molar-refractivity contribution in [3.8, 4) is 0 Å². The molecule has 0 amide bonds. The molecule has 0 aromatic heterocycles. The van der Waals surface area contributed by atoms with Crippen LogP contribution in [0, 0.1) is 0 Å². The van der Waals surface area contributed by atoms with Crippen LogP contribution < -0.4 is 5.19 Å². The molecule has 0 saturated heterocycles. The second kappa shape index (κ2) is 7.38. The molecule has 0 aliphatic carbocycles. The van der Waals surface area contributed by atoms with Gasteiger partial charge in [0.05, 0.1) is 8.07 Å². The summed E-state index contributed by atoms with van der Waals surface area (Å²) in [5.41, 5.74) is 0. The van der Waals surface area contributed by atoms with E-state index in [1.165, 1.54) is 11.2 Å². The van der Waals surface area contributed by atoms with E-state index in [0.29, 0.717) is 0 Å². The summed E-state index contributed by atoms with van der Waals surface area (Å²) in [6.45, 7) is 12.7. The molecule has 0 spiro atoms. The highest BCUT2D eigenvalue weighted by atomic mass is 28.4. The van der Waals surface area contributed by atoms with Gasteiger partial charge in [0.15, 0.2) is 0 Å². The van der Waals surface area contributed by atoms with Gasteiger partial charge in [-0.1, -0.05) is 54.7 Å². The van der Waals surface area contributed by atoms with Crippen LogP contribution in [0.15, 0.2) is 30.3 Å². The first kappa shape index (κ1) is 16.6. The van der Waals surface area contributed by atoms with Crippen molar-refractivity contribution in [3.63, 3.8) is 0 Å². The molecule has 1 aromatic carbocycles. The molecular weight excluding hydrogens is 268 g/mol. The lowest BCUT2D eigenvalue weighted by atomic mass is 10.4. The molecule has 1 aromatic rings. The summed E-state index contributed by atoms with van der Waals surface area (Å²) in [5.74, 6) is 0. The Morgan fingerprint density at radius 3 is 1.84 bits per heavy atom. The first-order valence-corrected chi connectivity index (χ1v) is 13.0. The smallest absolute Gasteiger partial charge is 0.334 e. The highest BCUT2D eigenvalue weighted by molar-refractivity contribution is 6.90. The molecule has 0 aliphatic heterocycles. The summed E-state index contributed by atoms with van der Waals surface area (Å²) in [6.07, 6.45) is 0. The van der Waals surface area contributed by atoms with Crippen molar-refractivity contribution in [2.24, 2.45) is 0 Å². The molecule has 0 heterocycles. The van der Waals surface area contributed by atoms with Crippen LogP contribution >= 0.6 is 0 Å². The fraction of sp³-hybridized carbons (Fsp3) is 0.600. The highest BCUT2D eigenvalue weighted by Gasteiger charge is 2.34. The van der Waals surface area contributed by atoms with Crippen LogP contribution in [0.5, 0.6) is 0 Å². The molecule has 0 unspecified atom stereocenters. The summed E-state index contributed by atoms with van der Waals surface area (Å²) in [7, 11) is -3.33. The highest BCUT2D eigenvalue weighted by Crippen LogP contribution is 2.22. The first-order valence-electron chi connectivity index (χ1n) is 7.27. The van der Waals surface area contributed by atoms with Crippen LogP contribution in [0.3, 0.4) is 0 Å².